The van der Waals surface area contributed by atoms with Gasteiger partial charge in [-0.15, -0.1) is 0 Å². The summed E-state index contributed by atoms with van der Waals surface area (Å²) in [4.78, 5) is 38.8. The van der Waals surface area contributed by atoms with Crippen molar-refractivity contribution in [2.24, 2.45) is 0 Å². The van der Waals surface area contributed by atoms with Gasteiger partial charge < -0.3 is 19.9 Å². The van der Waals surface area contributed by atoms with Crippen LogP contribution in [0.5, 0.6) is 0 Å². The fourth-order valence-corrected chi connectivity index (χ4v) is 4.37. The highest BCUT2D eigenvalue weighted by molar-refractivity contribution is 5.89. The van der Waals surface area contributed by atoms with Gasteiger partial charge in [0.1, 0.15) is 11.6 Å². The van der Waals surface area contributed by atoms with Gasteiger partial charge in [0.2, 0.25) is 0 Å². The number of rotatable bonds is 2. The van der Waals surface area contributed by atoms with Gasteiger partial charge in [-0.25, -0.2) is 28.3 Å². The molecule has 162 valence electrons. The van der Waals surface area contributed by atoms with Crippen LogP contribution < -0.4 is 10.2 Å². The van der Waals surface area contributed by atoms with E-state index in [2.05, 4.69) is 15.3 Å². The van der Waals surface area contributed by atoms with Gasteiger partial charge in [-0.1, -0.05) is 0 Å². The zero-order valence-electron chi connectivity index (χ0n) is 16.7. The highest BCUT2D eigenvalue weighted by atomic mass is 19.2. The third kappa shape index (κ3) is 3.29. The number of piperazine rings is 1. The number of carbonyl (C=O) groups is 2. The fraction of sp³-hybridized carbons (Fsp3) is 0.400. The molecule has 0 aliphatic carbocycles. The smallest absolute Gasteiger partial charge is 0.411 e. The molecule has 11 heteroatoms. The van der Waals surface area contributed by atoms with Crippen molar-refractivity contribution in [2.75, 3.05) is 42.9 Å². The Kier molecular flexibility index (Phi) is 4.42. The number of urea groups is 1. The molecule has 3 aliphatic rings. The number of carbonyl (C=O) groups excluding carboxylic acids is 2. The van der Waals surface area contributed by atoms with E-state index in [-0.39, 0.29) is 24.4 Å². The van der Waals surface area contributed by atoms with Crippen LogP contribution in [0.1, 0.15) is 5.82 Å². The number of ether oxygens (including phenoxy) is 1. The van der Waals surface area contributed by atoms with E-state index in [4.69, 9.17) is 4.74 Å². The Morgan fingerprint density at radius 2 is 2.03 bits per heavy atom. The Labute approximate surface area is 176 Å². The lowest BCUT2D eigenvalue weighted by molar-refractivity contribution is -0.00308. The van der Waals surface area contributed by atoms with E-state index in [0.29, 0.717) is 32.0 Å². The molecule has 1 atom stereocenters. The van der Waals surface area contributed by atoms with E-state index in [9.17, 15) is 18.4 Å². The fourth-order valence-electron chi connectivity index (χ4n) is 4.37. The third-order valence-corrected chi connectivity index (χ3v) is 5.97. The number of aryl methyl sites for hydroxylation is 1. The summed E-state index contributed by atoms with van der Waals surface area (Å²) < 4.78 is 32.3. The summed E-state index contributed by atoms with van der Waals surface area (Å²) in [6, 6.07) is 4.24. The first-order chi connectivity index (χ1) is 14.8. The van der Waals surface area contributed by atoms with Crippen LogP contribution >= 0.6 is 0 Å². The lowest BCUT2D eigenvalue weighted by Gasteiger charge is -2.51. The van der Waals surface area contributed by atoms with Gasteiger partial charge >= 0.3 is 12.1 Å². The third-order valence-electron chi connectivity index (χ3n) is 5.97. The largest absolute Gasteiger partial charge is 0.437 e. The molecule has 0 saturated carbocycles. The molecule has 2 aromatic rings. The van der Waals surface area contributed by atoms with Crippen LogP contribution in [0.4, 0.5) is 29.9 Å². The summed E-state index contributed by atoms with van der Waals surface area (Å²) in [6.45, 7) is 3.66. The van der Waals surface area contributed by atoms with Crippen molar-refractivity contribution in [3.8, 4) is 0 Å². The molecule has 1 unspecified atom stereocenters. The predicted octanol–water partition coefficient (Wildman–Crippen LogP) is 1.99. The second-order valence-corrected chi connectivity index (χ2v) is 7.97. The van der Waals surface area contributed by atoms with Gasteiger partial charge in [-0.3, -0.25) is 4.90 Å². The minimum absolute atomic E-state index is 0.161. The van der Waals surface area contributed by atoms with Crippen molar-refractivity contribution in [3.05, 3.63) is 47.9 Å². The van der Waals surface area contributed by atoms with Crippen LogP contribution in [-0.2, 0) is 4.74 Å². The standard InChI is InChI=1S/C20H20F2N6O3/c1-12-23-5-4-17(24-12)27-10-20(11-27)16-9-26(6-7-28(16)19(30)31-20)18(29)25-13-2-3-14(21)15(22)8-13/h2-5,8,16H,6-7,9-11H2,1H3,(H,25,29). The van der Waals surface area contributed by atoms with Crippen LogP contribution in [-0.4, -0.2) is 76.3 Å². The molecule has 3 saturated heterocycles. The monoisotopic (exact) mass is 430 g/mol. The van der Waals surface area contributed by atoms with Crippen LogP contribution in [0.2, 0.25) is 0 Å². The first-order valence-corrected chi connectivity index (χ1v) is 9.90. The number of hydrogen-bond acceptors (Lipinski definition) is 6. The van der Waals surface area contributed by atoms with Crippen LogP contribution in [0.25, 0.3) is 0 Å². The maximum absolute atomic E-state index is 13.4. The van der Waals surface area contributed by atoms with Gasteiger partial charge in [-0.05, 0) is 25.1 Å². The topological polar surface area (TPSA) is 90.9 Å². The molecule has 1 N–H and O–H groups in total. The molecule has 3 aliphatic heterocycles. The molecule has 3 fully saturated rings. The van der Waals surface area contributed by atoms with Crippen molar-refractivity contribution < 1.29 is 23.1 Å². The van der Waals surface area contributed by atoms with Crippen molar-refractivity contribution in [1.29, 1.82) is 0 Å². The molecule has 1 aromatic carbocycles. The summed E-state index contributed by atoms with van der Waals surface area (Å²) in [5, 5.41) is 2.58. The number of hydrogen-bond donors (Lipinski definition) is 1. The number of amides is 3. The van der Waals surface area contributed by atoms with E-state index >= 15 is 0 Å². The maximum atomic E-state index is 13.4. The Morgan fingerprint density at radius 3 is 2.77 bits per heavy atom. The van der Waals surface area contributed by atoms with Gasteiger partial charge in [0.05, 0.1) is 19.1 Å². The quantitative estimate of drug-likeness (QED) is 0.784. The summed E-state index contributed by atoms with van der Waals surface area (Å²) in [7, 11) is 0. The number of nitrogens with zero attached hydrogens (tertiary/aromatic N) is 5. The average Bonchev–Trinajstić information content (AvgIpc) is 3.02. The first kappa shape index (κ1) is 19.5. The lowest BCUT2D eigenvalue weighted by atomic mass is 9.84. The molecular formula is C20H20F2N6O3. The minimum Gasteiger partial charge on any atom is -0.437 e. The Morgan fingerprint density at radius 1 is 1.23 bits per heavy atom. The molecule has 9 nitrogen and oxygen atoms in total. The number of anilines is 2. The highest BCUT2D eigenvalue weighted by Crippen LogP contribution is 2.41. The van der Waals surface area contributed by atoms with Crippen LogP contribution in [0.3, 0.4) is 0 Å². The number of aromatic nitrogens is 2. The van der Waals surface area contributed by atoms with Crippen molar-refractivity contribution in [1.82, 2.24) is 19.8 Å². The number of fused-ring (bicyclic) bond motifs is 2. The van der Waals surface area contributed by atoms with Gasteiger partial charge in [0, 0.05) is 37.6 Å². The summed E-state index contributed by atoms with van der Waals surface area (Å²) in [6.07, 6.45) is 1.30. The van der Waals surface area contributed by atoms with Crippen LogP contribution in [0, 0.1) is 18.6 Å². The predicted molar refractivity (Wildman–Crippen MR) is 106 cm³/mol. The van der Waals surface area contributed by atoms with E-state index in [1.807, 2.05) is 4.90 Å². The van der Waals surface area contributed by atoms with Crippen molar-refractivity contribution in [2.45, 2.75) is 18.6 Å². The first-order valence-electron chi connectivity index (χ1n) is 9.90. The summed E-state index contributed by atoms with van der Waals surface area (Å²) in [5.41, 5.74) is -0.564. The summed E-state index contributed by atoms with van der Waals surface area (Å²) in [5.74, 6) is -0.605. The molecule has 1 spiro atoms. The Balaban J connectivity index is 1.28. The van der Waals surface area contributed by atoms with Crippen molar-refractivity contribution >= 4 is 23.6 Å². The normalized spacial score (nSPS) is 21.6. The van der Waals surface area contributed by atoms with Gasteiger partial charge in [0.25, 0.3) is 0 Å². The minimum atomic E-state index is -1.04. The zero-order valence-corrected chi connectivity index (χ0v) is 16.7. The second-order valence-electron chi connectivity index (χ2n) is 7.97. The number of benzene rings is 1. The summed E-state index contributed by atoms with van der Waals surface area (Å²) >= 11 is 0. The molecule has 0 radical (unpaired) electrons. The zero-order chi connectivity index (χ0) is 21.8. The van der Waals surface area contributed by atoms with E-state index in [0.717, 1.165) is 18.0 Å². The molecule has 1 aromatic heterocycles. The maximum Gasteiger partial charge on any atom is 0.411 e. The Hall–Kier alpha value is -3.50. The van der Waals surface area contributed by atoms with Crippen LogP contribution in [0.15, 0.2) is 30.5 Å². The number of halogens is 2. The second kappa shape index (κ2) is 7.03. The molecule has 3 amide bonds. The molecule has 5 rings (SSSR count). The molecule has 4 heterocycles. The molecular weight excluding hydrogens is 410 g/mol. The Bertz CT molecular complexity index is 1060. The van der Waals surface area contributed by atoms with E-state index in [1.165, 1.54) is 6.07 Å². The van der Waals surface area contributed by atoms with Gasteiger partial charge in [-0.2, -0.15) is 0 Å². The van der Waals surface area contributed by atoms with Gasteiger partial charge in [0.15, 0.2) is 17.2 Å². The van der Waals surface area contributed by atoms with Crippen molar-refractivity contribution in [3.63, 3.8) is 0 Å². The number of nitrogens with one attached hydrogen (secondary N) is 1. The van der Waals surface area contributed by atoms with E-state index in [1.54, 1.807) is 29.0 Å². The molecule has 31 heavy (non-hydrogen) atoms. The highest BCUT2D eigenvalue weighted by Gasteiger charge is 2.62. The SMILES string of the molecule is Cc1nccc(N2CC3(C2)OC(=O)N2CCN(C(=O)Nc4ccc(F)c(F)c4)CC23)n1. The molecule has 0 bridgehead atoms. The average molecular weight is 430 g/mol. The lowest BCUT2D eigenvalue weighted by Crippen LogP contribution is -2.71. The van der Waals surface area contributed by atoms with E-state index < -0.39 is 23.3 Å².